The smallest absolute Gasteiger partial charge is 0.394 e. The maximum Gasteiger partial charge on any atom is 0.511 e. The SMILES string of the molecule is O=S(=O)(N1CCN(c2cc(N3CCC[C@H]3CO)nc3c(-c4ccc(Cl)cc4)c(-c4ccccc4Cl)nn23)CC1)C(F)(F)F. The molecule has 0 saturated carbocycles. The van der Waals surface area contributed by atoms with Crippen molar-refractivity contribution in [1.82, 2.24) is 18.9 Å². The first-order chi connectivity index (χ1) is 20.5. The third kappa shape index (κ3) is 5.42. The normalized spacial score (nSPS) is 18.6. The molecule has 2 fully saturated rings. The van der Waals surface area contributed by atoms with Crippen LogP contribution in [0.5, 0.6) is 0 Å². The Hall–Kier alpha value is -3.10. The van der Waals surface area contributed by atoms with E-state index >= 15 is 0 Å². The summed E-state index contributed by atoms with van der Waals surface area (Å²) in [5.41, 5.74) is -2.27. The summed E-state index contributed by atoms with van der Waals surface area (Å²) in [5, 5.41) is 16.0. The fourth-order valence-electron chi connectivity index (χ4n) is 5.72. The number of alkyl halides is 3. The number of hydrogen-bond donors (Lipinski definition) is 1. The number of fused-ring (bicyclic) bond motifs is 1. The fraction of sp³-hybridized carbons (Fsp3) is 0.357. The van der Waals surface area contributed by atoms with E-state index in [9.17, 15) is 26.7 Å². The summed E-state index contributed by atoms with van der Waals surface area (Å²) < 4.78 is 66.0. The Kier molecular flexibility index (Phi) is 7.96. The Morgan fingerprint density at radius 1 is 0.977 bits per heavy atom. The van der Waals surface area contributed by atoms with Crippen molar-refractivity contribution in [3.8, 4) is 22.4 Å². The van der Waals surface area contributed by atoms with E-state index in [1.165, 1.54) is 0 Å². The first kappa shape index (κ1) is 29.9. The quantitative estimate of drug-likeness (QED) is 0.301. The Balaban J connectivity index is 1.54. The molecular formula is C28H27Cl2F3N6O3S. The molecule has 2 aromatic heterocycles. The van der Waals surface area contributed by atoms with Gasteiger partial charge in [0.15, 0.2) is 5.65 Å². The number of rotatable bonds is 6. The number of aliphatic hydroxyl groups excluding tert-OH is 1. The van der Waals surface area contributed by atoms with Crippen LogP contribution in [0.1, 0.15) is 12.8 Å². The number of benzene rings is 2. The highest BCUT2D eigenvalue weighted by molar-refractivity contribution is 7.90. The van der Waals surface area contributed by atoms with Gasteiger partial charge in [-0.1, -0.05) is 53.5 Å². The zero-order chi connectivity index (χ0) is 30.5. The van der Waals surface area contributed by atoms with E-state index in [0.717, 1.165) is 18.4 Å². The van der Waals surface area contributed by atoms with Gasteiger partial charge in [-0.2, -0.15) is 27.1 Å². The molecule has 0 spiro atoms. The monoisotopic (exact) mass is 654 g/mol. The molecule has 4 aromatic rings. The summed E-state index contributed by atoms with van der Waals surface area (Å²) in [7, 11) is -5.45. The number of aliphatic hydroxyl groups is 1. The molecule has 0 bridgehead atoms. The molecule has 2 aromatic carbocycles. The van der Waals surface area contributed by atoms with Crippen molar-refractivity contribution < 1.29 is 26.7 Å². The Labute approximate surface area is 256 Å². The molecule has 0 aliphatic carbocycles. The number of anilines is 2. The van der Waals surface area contributed by atoms with E-state index in [0.29, 0.717) is 55.0 Å². The molecule has 0 radical (unpaired) electrons. The second-order valence-electron chi connectivity index (χ2n) is 10.4. The molecule has 1 atom stereocenters. The summed E-state index contributed by atoms with van der Waals surface area (Å²) in [5.74, 6) is 1.10. The van der Waals surface area contributed by atoms with Crippen LogP contribution in [0.15, 0.2) is 54.6 Å². The van der Waals surface area contributed by atoms with Crippen molar-refractivity contribution >= 4 is 50.5 Å². The Morgan fingerprint density at radius 3 is 2.33 bits per heavy atom. The topological polar surface area (TPSA) is 94.3 Å². The molecule has 0 unspecified atom stereocenters. The van der Waals surface area contributed by atoms with E-state index in [1.807, 2.05) is 35.2 Å². The van der Waals surface area contributed by atoms with E-state index in [-0.39, 0.29) is 38.8 Å². The third-order valence-electron chi connectivity index (χ3n) is 7.90. The van der Waals surface area contributed by atoms with Gasteiger partial charge in [0, 0.05) is 49.4 Å². The van der Waals surface area contributed by atoms with Crippen LogP contribution in [-0.4, -0.2) is 83.3 Å². The fourth-order valence-corrected chi connectivity index (χ4v) is 7.01. The highest BCUT2D eigenvalue weighted by atomic mass is 35.5. The van der Waals surface area contributed by atoms with Crippen molar-refractivity contribution in [2.75, 3.05) is 49.1 Å². The highest BCUT2D eigenvalue weighted by Crippen LogP contribution is 2.41. The molecule has 1 N–H and O–H groups in total. The minimum atomic E-state index is -5.45. The Bertz CT molecular complexity index is 1760. The van der Waals surface area contributed by atoms with E-state index in [1.54, 1.807) is 33.7 Å². The molecule has 4 heterocycles. The molecule has 43 heavy (non-hydrogen) atoms. The minimum Gasteiger partial charge on any atom is -0.394 e. The lowest BCUT2D eigenvalue weighted by Gasteiger charge is -2.36. The molecule has 15 heteroatoms. The van der Waals surface area contributed by atoms with Crippen LogP contribution >= 0.6 is 23.2 Å². The molecule has 228 valence electrons. The Morgan fingerprint density at radius 2 is 1.67 bits per heavy atom. The second kappa shape index (κ2) is 11.4. The van der Waals surface area contributed by atoms with Crippen LogP contribution in [0.3, 0.4) is 0 Å². The lowest BCUT2D eigenvalue weighted by molar-refractivity contribution is -0.0490. The molecule has 0 amide bonds. The highest BCUT2D eigenvalue weighted by Gasteiger charge is 2.50. The lowest BCUT2D eigenvalue weighted by Crippen LogP contribution is -2.52. The van der Waals surface area contributed by atoms with Crippen LogP contribution in [0.4, 0.5) is 24.8 Å². The van der Waals surface area contributed by atoms with Crippen LogP contribution < -0.4 is 9.80 Å². The van der Waals surface area contributed by atoms with Gasteiger partial charge in [-0.25, -0.2) is 13.4 Å². The minimum absolute atomic E-state index is 0.00510. The predicted octanol–water partition coefficient (Wildman–Crippen LogP) is 5.30. The maximum absolute atomic E-state index is 13.3. The van der Waals surface area contributed by atoms with E-state index in [2.05, 4.69) is 0 Å². The predicted molar refractivity (Wildman–Crippen MR) is 160 cm³/mol. The van der Waals surface area contributed by atoms with Crippen molar-refractivity contribution in [2.24, 2.45) is 0 Å². The summed E-state index contributed by atoms with van der Waals surface area (Å²) in [6, 6.07) is 16.1. The van der Waals surface area contributed by atoms with Gasteiger partial charge < -0.3 is 14.9 Å². The standard InChI is InChI=1S/C28H27Cl2F3N6O3S/c29-19-9-7-18(8-10-19)25-26(21-5-1-2-6-22(21)30)35-39-24(16-23(34-27(25)39)38-11-3-4-20(38)17-40)36-12-14-37(15-13-36)43(41,42)28(31,32)33/h1-2,5-10,16,20,40H,3-4,11-15,17H2/t20-/m0/s1. The van der Waals surface area contributed by atoms with Crippen molar-refractivity contribution in [2.45, 2.75) is 24.4 Å². The average Bonchev–Trinajstić information content (AvgIpc) is 3.62. The average molecular weight is 656 g/mol. The van der Waals surface area contributed by atoms with E-state index < -0.39 is 15.5 Å². The van der Waals surface area contributed by atoms with Crippen LogP contribution in [0.25, 0.3) is 28.0 Å². The van der Waals surface area contributed by atoms with E-state index in [4.69, 9.17) is 33.3 Å². The zero-order valence-electron chi connectivity index (χ0n) is 22.7. The zero-order valence-corrected chi connectivity index (χ0v) is 25.0. The van der Waals surface area contributed by atoms with Gasteiger partial charge >= 0.3 is 15.5 Å². The first-order valence-corrected chi connectivity index (χ1v) is 15.8. The number of nitrogens with zero attached hydrogens (tertiary/aromatic N) is 6. The number of aromatic nitrogens is 3. The molecule has 2 aliphatic heterocycles. The number of sulfonamides is 1. The summed E-state index contributed by atoms with van der Waals surface area (Å²) in [4.78, 5) is 8.85. The van der Waals surface area contributed by atoms with Gasteiger partial charge in [-0.05, 0) is 36.6 Å². The van der Waals surface area contributed by atoms with Gasteiger partial charge in [-0.15, -0.1) is 0 Å². The van der Waals surface area contributed by atoms with Gasteiger partial charge in [0.2, 0.25) is 0 Å². The summed E-state index contributed by atoms with van der Waals surface area (Å²) in [6.07, 6.45) is 1.64. The molecule has 2 saturated heterocycles. The summed E-state index contributed by atoms with van der Waals surface area (Å²) >= 11 is 12.8. The first-order valence-electron chi connectivity index (χ1n) is 13.6. The molecular weight excluding hydrogens is 628 g/mol. The largest absolute Gasteiger partial charge is 0.511 e. The molecule has 2 aliphatic rings. The van der Waals surface area contributed by atoms with Gasteiger partial charge in [0.25, 0.3) is 0 Å². The molecule has 9 nitrogen and oxygen atoms in total. The van der Waals surface area contributed by atoms with Crippen molar-refractivity contribution in [3.05, 3.63) is 64.6 Å². The van der Waals surface area contributed by atoms with Gasteiger partial charge in [0.1, 0.15) is 17.3 Å². The van der Waals surface area contributed by atoms with Gasteiger partial charge in [-0.3, -0.25) is 0 Å². The maximum atomic E-state index is 13.3. The van der Waals surface area contributed by atoms with Crippen LogP contribution in [0.2, 0.25) is 10.0 Å². The molecule has 6 rings (SSSR count). The van der Waals surface area contributed by atoms with Gasteiger partial charge in [0.05, 0.1) is 23.2 Å². The second-order valence-corrected chi connectivity index (χ2v) is 13.2. The van der Waals surface area contributed by atoms with Crippen molar-refractivity contribution in [1.29, 1.82) is 0 Å². The summed E-state index contributed by atoms with van der Waals surface area (Å²) in [6.45, 7) is -0.124. The van der Waals surface area contributed by atoms with Crippen LogP contribution in [-0.2, 0) is 10.0 Å². The van der Waals surface area contributed by atoms with Crippen LogP contribution in [0, 0.1) is 0 Å². The number of halogens is 5. The lowest BCUT2D eigenvalue weighted by atomic mass is 10.0. The number of hydrogen-bond acceptors (Lipinski definition) is 7. The number of piperazine rings is 1. The third-order valence-corrected chi connectivity index (χ3v) is 10.1. The van der Waals surface area contributed by atoms with Crippen molar-refractivity contribution in [3.63, 3.8) is 0 Å².